The fourth-order valence-electron chi connectivity index (χ4n) is 1.69. The van der Waals surface area contributed by atoms with Crippen LogP contribution in [0.15, 0.2) is 48.5 Å². The molecule has 0 radical (unpaired) electrons. The lowest BCUT2D eigenvalue weighted by atomic mass is 10.2. The van der Waals surface area contributed by atoms with Crippen LogP contribution in [-0.2, 0) is 11.4 Å². The Morgan fingerprint density at radius 2 is 2.10 bits per heavy atom. The van der Waals surface area contributed by atoms with Gasteiger partial charge in [0.25, 0.3) is 0 Å². The van der Waals surface area contributed by atoms with Gasteiger partial charge in [-0.1, -0.05) is 18.2 Å². The van der Waals surface area contributed by atoms with Crippen LogP contribution in [-0.4, -0.2) is 11.1 Å². The molecule has 0 amide bonds. The van der Waals surface area contributed by atoms with Crippen LogP contribution in [0.25, 0.3) is 6.08 Å². The van der Waals surface area contributed by atoms with Crippen molar-refractivity contribution in [1.82, 2.24) is 0 Å². The Hall–Kier alpha value is -1.89. The molecular formula is C16H12FIO3. The van der Waals surface area contributed by atoms with Gasteiger partial charge in [0.15, 0.2) is 0 Å². The largest absolute Gasteiger partial charge is 0.488 e. The summed E-state index contributed by atoms with van der Waals surface area (Å²) in [5.74, 6) is -0.608. The average molecular weight is 398 g/mol. The molecule has 2 aromatic carbocycles. The van der Waals surface area contributed by atoms with E-state index in [4.69, 9.17) is 9.84 Å². The first-order valence-corrected chi connectivity index (χ1v) is 7.20. The minimum atomic E-state index is -0.989. The molecule has 0 unspecified atom stereocenters. The number of hydrogen-bond acceptors (Lipinski definition) is 2. The van der Waals surface area contributed by atoms with Crippen LogP contribution in [0.5, 0.6) is 5.75 Å². The van der Waals surface area contributed by atoms with Gasteiger partial charge in [-0.3, -0.25) is 0 Å². The number of hydrogen-bond donors (Lipinski definition) is 1. The van der Waals surface area contributed by atoms with E-state index in [2.05, 4.69) is 22.6 Å². The third-order valence-electron chi connectivity index (χ3n) is 2.66. The van der Waals surface area contributed by atoms with E-state index in [0.29, 0.717) is 5.75 Å². The first-order valence-electron chi connectivity index (χ1n) is 6.12. The van der Waals surface area contributed by atoms with Crippen molar-refractivity contribution in [3.05, 3.63) is 69.1 Å². The van der Waals surface area contributed by atoms with E-state index in [1.54, 1.807) is 24.3 Å². The Kier molecular flexibility index (Phi) is 5.32. The zero-order valence-corrected chi connectivity index (χ0v) is 13.1. The molecule has 2 aromatic rings. The number of halogens is 2. The summed E-state index contributed by atoms with van der Waals surface area (Å²) in [5.41, 5.74) is 1.53. The first-order chi connectivity index (χ1) is 10.0. The lowest BCUT2D eigenvalue weighted by Gasteiger charge is -2.09. The van der Waals surface area contributed by atoms with E-state index in [9.17, 15) is 9.18 Å². The van der Waals surface area contributed by atoms with Crippen molar-refractivity contribution in [3.8, 4) is 5.75 Å². The number of aliphatic carboxylic acids is 1. The van der Waals surface area contributed by atoms with Crippen LogP contribution in [0.4, 0.5) is 4.39 Å². The van der Waals surface area contributed by atoms with Crippen molar-refractivity contribution < 1.29 is 19.0 Å². The van der Waals surface area contributed by atoms with E-state index >= 15 is 0 Å². The van der Waals surface area contributed by atoms with Crippen molar-refractivity contribution in [1.29, 1.82) is 0 Å². The fraction of sp³-hybridized carbons (Fsp3) is 0.0625. The standard InChI is InChI=1S/C16H12FIO3/c17-13-3-1-2-12(8-13)10-21-15-6-4-11(9-14(15)18)5-7-16(19)20/h1-9H,10H2,(H,19,20)/b7-5+. The molecule has 5 heteroatoms. The van der Waals surface area contributed by atoms with Gasteiger partial charge in [-0.2, -0.15) is 0 Å². The number of carboxylic acids is 1. The molecule has 0 aromatic heterocycles. The fourth-order valence-corrected chi connectivity index (χ4v) is 2.39. The van der Waals surface area contributed by atoms with Crippen molar-refractivity contribution in [3.63, 3.8) is 0 Å². The molecule has 0 aliphatic carbocycles. The minimum absolute atomic E-state index is 0.276. The number of carbonyl (C=O) groups is 1. The van der Waals surface area contributed by atoms with Crippen LogP contribution in [0.2, 0.25) is 0 Å². The smallest absolute Gasteiger partial charge is 0.328 e. The van der Waals surface area contributed by atoms with Crippen LogP contribution >= 0.6 is 22.6 Å². The van der Waals surface area contributed by atoms with Crippen molar-refractivity contribution in [2.45, 2.75) is 6.61 Å². The Bertz CT molecular complexity index is 683. The molecule has 0 atom stereocenters. The monoisotopic (exact) mass is 398 g/mol. The molecule has 21 heavy (non-hydrogen) atoms. The zero-order valence-electron chi connectivity index (χ0n) is 10.9. The number of benzene rings is 2. The number of ether oxygens (including phenoxy) is 1. The zero-order chi connectivity index (χ0) is 15.2. The second kappa shape index (κ2) is 7.21. The summed E-state index contributed by atoms with van der Waals surface area (Å²) in [6.45, 7) is 0.276. The molecule has 1 N–H and O–H groups in total. The SMILES string of the molecule is O=C(O)/C=C/c1ccc(OCc2cccc(F)c2)c(I)c1. The van der Waals surface area contributed by atoms with Gasteiger partial charge in [-0.05, 0) is 64.1 Å². The van der Waals surface area contributed by atoms with E-state index < -0.39 is 5.97 Å². The van der Waals surface area contributed by atoms with E-state index in [0.717, 1.165) is 20.8 Å². The Morgan fingerprint density at radius 3 is 2.76 bits per heavy atom. The molecule has 0 aliphatic heterocycles. The molecule has 2 rings (SSSR count). The lowest BCUT2D eigenvalue weighted by molar-refractivity contribution is -0.131. The van der Waals surface area contributed by atoms with E-state index in [1.165, 1.54) is 18.2 Å². The molecule has 0 heterocycles. The van der Waals surface area contributed by atoms with E-state index in [-0.39, 0.29) is 12.4 Å². The highest BCUT2D eigenvalue weighted by Gasteiger charge is 2.03. The van der Waals surface area contributed by atoms with Gasteiger partial charge >= 0.3 is 5.97 Å². The van der Waals surface area contributed by atoms with Gasteiger partial charge in [0, 0.05) is 6.08 Å². The Labute approximate surface area is 135 Å². The first kappa shape index (κ1) is 15.5. The molecule has 0 spiro atoms. The normalized spacial score (nSPS) is 10.8. The van der Waals surface area contributed by atoms with Gasteiger partial charge in [0.2, 0.25) is 0 Å². The van der Waals surface area contributed by atoms with Crippen molar-refractivity contribution in [2.24, 2.45) is 0 Å². The van der Waals surface area contributed by atoms with Crippen molar-refractivity contribution in [2.75, 3.05) is 0 Å². The summed E-state index contributed by atoms with van der Waals surface area (Å²) in [6, 6.07) is 11.6. The second-order valence-corrected chi connectivity index (χ2v) is 5.44. The molecule has 0 saturated carbocycles. The third kappa shape index (κ3) is 4.86. The molecule has 0 bridgehead atoms. The second-order valence-electron chi connectivity index (χ2n) is 4.28. The number of rotatable bonds is 5. The van der Waals surface area contributed by atoms with Crippen LogP contribution in [0.1, 0.15) is 11.1 Å². The van der Waals surface area contributed by atoms with Crippen LogP contribution < -0.4 is 4.74 Å². The lowest BCUT2D eigenvalue weighted by Crippen LogP contribution is -1.97. The predicted molar refractivity (Wildman–Crippen MR) is 86.6 cm³/mol. The maximum Gasteiger partial charge on any atom is 0.328 e. The maximum absolute atomic E-state index is 13.1. The molecule has 0 aliphatic rings. The highest BCUT2D eigenvalue weighted by Crippen LogP contribution is 2.23. The topological polar surface area (TPSA) is 46.5 Å². The molecule has 108 valence electrons. The van der Waals surface area contributed by atoms with E-state index in [1.807, 2.05) is 6.07 Å². The highest BCUT2D eigenvalue weighted by molar-refractivity contribution is 14.1. The van der Waals surface area contributed by atoms with Gasteiger partial charge < -0.3 is 9.84 Å². The van der Waals surface area contributed by atoms with Crippen molar-refractivity contribution >= 4 is 34.6 Å². The van der Waals surface area contributed by atoms with Gasteiger partial charge in [-0.25, -0.2) is 9.18 Å². The van der Waals surface area contributed by atoms with Crippen LogP contribution in [0, 0.1) is 9.39 Å². The average Bonchev–Trinajstić information content (AvgIpc) is 2.44. The quantitative estimate of drug-likeness (QED) is 0.609. The van der Waals surface area contributed by atoms with Gasteiger partial charge in [0.1, 0.15) is 18.2 Å². The Balaban J connectivity index is 2.06. The summed E-state index contributed by atoms with van der Waals surface area (Å²) in [7, 11) is 0. The predicted octanol–water partition coefficient (Wildman–Crippen LogP) is 4.11. The summed E-state index contributed by atoms with van der Waals surface area (Å²) in [5, 5.41) is 8.59. The Morgan fingerprint density at radius 1 is 1.29 bits per heavy atom. The summed E-state index contributed by atoms with van der Waals surface area (Å²) < 4.78 is 19.6. The maximum atomic E-state index is 13.1. The van der Waals surface area contributed by atoms with Gasteiger partial charge in [0.05, 0.1) is 3.57 Å². The highest BCUT2D eigenvalue weighted by atomic mass is 127. The third-order valence-corrected chi connectivity index (χ3v) is 3.50. The molecule has 3 nitrogen and oxygen atoms in total. The minimum Gasteiger partial charge on any atom is -0.488 e. The summed E-state index contributed by atoms with van der Waals surface area (Å²) in [4.78, 5) is 10.5. The summed E-state index contributed by atoms with van der Waals surface area (Å²) in [6.07, 6.45) is 2.60. The number of carboxylic acid groups (broad SMARTS) is 1. The van der Waals surface area contributed by atoms with Gasteiger partial charge in [-0.15, -0.1) is 0 Å². The molecule has 0 saturated heterocycles. The molecular weight excluding hydrogens is 386 g/mol. The van der Waals surface area contributed by atoms with Crippen LogP contribution in [0.3, 0.4) is 0 Å². The summed E-state index contributed by atoms with van der Waals surface area (Å²) >= 11 is 2.11. The molecule has 0 fully saturated rings.